The van der Waals surface area contributed by atoms with Crippen molar-refractivity contribution in [2.75, 3.05) is 18.0 Å². The summed E-state index contributed by atoms with van der Waals surface area (Å²) in [5, 5.41) is 0. The zero-order chi connectivity index (χ0) is 19.6. The van der Waals surface area contributed by atoms with Gasteiger partial charge in [-0.25, -0.2) is 0 Å². The zero-order valence-corrected chi connectivity index (χ0v) is 16.4. The lowest BCUT2D eigenvalue weighted by Crippen LogP contribution is -2.61. The van der Waals surface area contributed by atoms with Crippen molar-refractivity contribution in [1.82, 2.24) is 9.88 Å². The van der Waals surface area contributed by atoms with Gasteiger partial charge < -0.3 is 9.80 Å². The van der Waals surface area contributed by atoms with Crippen LogP contribution in [-0.2, 0) is 16.0 Å². The second-order valence-electron chi connectivity index (χ2n) is 7.90. The van der Waals surface area contributed by atoms with Crippen molar-refractivity contribution in [2.24, 2.45) is 0 Å². The first-order valence-corrected chi connectivity index (χ1v) is 10.2. The summed E-state index contributed by atoms with van der Waals surface area (Å²) in [6, 6.07) is 13.8. The SMILES string of the molecule is Cc1ccc(N2CCCC3(CCCN3C(=O)CCc3ccccn3)C2=O)cc1. The van der Waals surface area contributed by atoms with Gasteiger partial charge in [-0.05, 0) is 63.3 Å². The van der Waals surface area contributed by atoms with Gasteiger partial charge in [0.05, 0.1) is 0 Å². The molecule has 2 aliphatic heterocycles. The van der Waals surface area contributed by atoms with Crippen molar-refractivity contribution in [3.05, 3.63) is 59.9 Å². The molecule has 1 unspecified atom stereocenters. The van der Waals surface area contributed by atoms with Crippen LogP contribution in [0.2, 0.25) is 0 Å². The fraction of sp³-hybridized carbons (Fsp3) is 0.435. The van der Waals surface area contributed by atoms with E-state index in [4.69, 9.17) is 0 Å². The number of anilines is 1. The fourth-order valence-electron chi connectivity index (χ4n) is 4.60. The summed E-state index contributed by atoms with van der Waals surface area (Å²) in [5.74, 6) is 0.161. The van der Waals surface area contributed by atoms with E-state index in [2.05, 4.69) is 4.98 Å². The van der Waals surface area contributed by atoms with E-state index in [0.717, 1.165) is 43.6 Å². The molecule has 146 valence electrons. The highest BCUT2D eigenvalue weighted by Crippen LogP contribution is 2.40. The van der Waals surface area contributed by atoms with Crippen LogP contribution < -0.4 is 4.90 Å². The summed E-state index contributed by atoms with van der Waals surface area (Å²) in [5.41, 5.74) is 2.36. The van der Waals surface area contributed by atoms with Gasteiger partial charge in [0.25, 0.3) is 5.91 Å². The number of nitrogens with zero attached hydrogens (tertiary/aromatic N) is 3. The molecule has 2 aliphatic rings. The van der Waals surface area contributed by atoms with Crippen molar-refractivity contribution in [2.45, 2.75) is 51.0 Å². The van der Waals surface area contributed by atoms with Crippen LogP contribution in [0.25, 0.3) is 0 Å². The highest BCUT2D eigenvalue weighted by atomic mass is 16.2. The third-order valence-electron chi connectivity index (χ3n) is 6.07. The quantitative estimate of drug-likeness (QED) is 0.819. The molecule has 28 heavy (non-hydrogen) atoms. The number of rotatable bonds is 4. The van der Waals surface area contributed by atoms with Gasteiger partial charge in [-0.2, -0.15) is 0 Å². The van der Waals surface area contributed by atoms with Crippen LogP contribution in [-0.4, -0.2) is 40.3 Å². The van der Waals surface area contributed by atoms with Gasteiger partial charge in [-0.15, -0.1) is 0 Å². The molecule has 1 spiro atoms. The largest absolute Gasteiger partial charge is 0.328 e. The number of likely N-dealkylation sites (tertiary alicyclic amines) is 1. The van der Waals surface area contributed by atoms with Crippen LogP contribution in [0.1, 0.15) is 43.4 Å². The first-order valence-electron chi connectivity index (χ1n) is 10.2. The van der Waals surface area contributed by atoms with Crippen LogP contribution in [0.5, 0.6) is 0 Å². The highest BCUT2D eigenvalue weighted by molar-refractivity contribution is 6.03. The van der Waals surface area contributed by atoms with E-state index >= 15 is 0 Å². The van der Waals surface area contributed by atoms with Gasteiger partial charge in [0.2, 0.25) is 5.91 Å². The normalized spacial score (nSPS) is 22.1. The van der Waals surface area contributed by atoms with Crippen molar-refractivity contribution >= 4 is 17.5 Å². The highest BCUT2D eigenvalue weighted by Gasteiger charge is 2.52. The molecule has 0 aliphatic carbocycles. The van der Waals surface area contributed by atoms with E-state index in [9.17, 15) is 9.59 Å². The zero-order valence-electron chi connectivity index (χ0n) is 16.4. The molecule has 0 N–H and O–H groups in total. The smallest absolute Gasteiger partial charge is 0.252 e. The molecule has 0 saturated carbocycles. The van der Waals surface area contributed by atoms with Gasteiger partial charge in [0.15, 0.2) is 0 Å². The minimum absolute atomic E-state index is 0.0715. The van der Waals surface area contributed by atoms with Gasteiger partial charge in [-0.1, -0.05) is 23.8 Å². The Bertz CT molecular complexity index is 850. The Hall–Kier alpha value is -2.69. The third kappa shape index (κ3) is 3.41. The van der Waals surface area contributed by atoms with Gasteiger partial charge >= 0.3 is 0 Å². The van der Waals surface area contributed by atoms with Crippen LogP contribution in [0, 0.1) is 6.92 Å². The number of carbonyl (C=O) groups excluding carboxylic acids is 2. The van der Waals surface area contributed by atoms with Gasteiger partial charge in [-0.3, -0.25) is 14.6 Å². The minimum atomic E-state index is -0.662. The maximum Gasteiger partial charge on any atom is 0.252 e. The predicted molar refractivity (Wildman–Crippen MR) is 109 cm³/mol. The Kier molecular flexibility index (Phi) is 5.16. The summed E-state index contributed by atoms with van der Waals surface area (Å²) in [6.07, 6.45) is 6.11. The minimum Gasteiger partial charge on any atom is -0.328 e. The standard InChI is InChI=1S/C23H27N3O2/c1-18-7-10-20(11-8-18)25-16-4-13-23(22(25)28)14-5-17-26(23)21(27)12-9-19-6-2-3-15-24-19/h2-3,6-8,10-11,15H,4-5,9,12-14,16-17H2,1H3. The average Bonchev–Trinajstić information content (AvgIpc) is 3.14. The van der Waals surface area contributed by atoms with E-state index < -0.39 is 5.54 Å². The van der Waals surface area contributed by atoms with Crippen LogP contribution in [0.4, 0.5) is 5.69 Å². The van der Waals surface area contributed by atoms with E-state index in [0.29, 0.717) is 19.4 Å². The summed E-state index contributed by atoms with van der Waals surface area (Å²) < 4.78 is 0. The topological polar surface area (TPSA) is 53.5 Å². The number of amides is 2. The van der Waals surface area contributed by atoms with E-state index in [1.807, 2.05) is 59.2 Å². The second-order valence-corrected chi connectivity index (χ2v) is 7.90. The first-order chi connectivity index (χ1) is 13.6. The van der Waals surface area contributed by atoms with Crippen molar-refractivity contribution in [3.8, 4) is 0 Å². The lowest BCUT2D eigenvalue weighted by atomic mass is 9.84. The van der Waals surface area contributed by atoms with Crippen molar-refractivity contribution < 1.29 is 9.59 Å². The summed E-state index contributed by atoms with van der Waals surface area (Å²) in [4.78, 5) is 34.7. The van der Waals surface area contributed by atoms with Crippen LogP contribution in [0.15, 0.2) is 48.7 Å². The monoisotopic (exact) mass is 377 g/mol. The number of hydrogen-bond acceptors (Lipinski definition) is 3. The molecule has 2 aromatic rings. The molecule has 1 atom stereocenters. The van der Waals surface area contributed by atoms with Crippen molar-refractivity contribution in [1.29, 1.82) is 0 Å². The second kappa shape index (κ2) is 7.74. The van der Waals surface area contributed by atoms with Gasteiger partial charge in [0.1, 0.15) is 5.54 Å². The Morgan fingerprint density at radius 1 is 1.07 bits per heavy atom. The number of hydrogen-bond donors (Lipinski definition) is 0. The number of aryl methyl sites for hydroxylation is 2. The molecule has 0 bridgehead atoms. The summed E-state index contributed by atoms with van der Waals surface area (Å²) in [6.45, 7) is 3.44. The number of piperidine rings is 1. The van der Waals surface area contributed by atoms with Gasteiger partial charge in [0, 0.05) is 37.1 Å². The molecule has 1 aromatic heterocycles. The maximum atomic E-state index is 13.5. The number of aromatic nitrogens is 1. The number of carbonyl (C=O) groups is 2. The Morgan fingerprint density at radius 3 is 2.54 bits per heavy atom. The molecule has 4 rings (SSSR count). The molecule has 3 heterocycles. The Balaban J connectivity index is 1.52. The third-order valence-corrected chi connectivity index (χ3v) is 6.07. The molecular formula is C23H27N3O2. The van der Waals surface area contributed by atoms with Crippen LogP contribution >= 0.6 is 0 Å². The maximum absolute atomic E-state index is 13.5. The van der Waals surface area contributed by atoms with Crippen LogP contribution in [0.3, 0.4) is 0 Å². The molecule has 5 nitrogen and oxygen atoms in total. The Labute approximate surface area is 166 Å². The first kappa shape index (κ1) is 18.7. The van der Waals surface area contributed by atoms with E-state index in [1.54, 1.807) is 6.20 Å². The average molecular weight is 377 g/mol. The van der Waals surface area contributed by atoms with E-state index in [-0.39, 0.29) is 11.8 Å². The molecule has 2 saturated heterocycles. The molecule has 0 radical (unpaired) electrons. The molecular weight excluding hydrogens is 350 g/mol. The molecule has 2 fully saturated rings. The fourth-order valence-corrected chi connectivity index (χ4v) is 4.60. The lowest BCUT2D eigenvalue weighted by Gasteiger charge is -2.44. The number of benzene rings is 1. The molecule has 2 amide bonds. The molecule has 1 aromatic carbocycles. The number of pyridine rings is 1. The van der Waals surface area contributed by atoms with E-state index in [1.165, 1.54) is 5.56 Å². The predicted octanol–water partition coefficient (Wildman–Crippen LogP) is 3.51. The van der Waals surface area contributed by atoms with Crippen molar-refractivity contribution in [3.63, 3.8) is 0 Å². The summed E-state index contributed by atoms with van der Waals surface area (Å²) in [7, 11) is 0. The Morgan fingerprint density at radius 2 is 1.82 bits per heavy atom. The summed E-state index contributed by atoms with van der Waals surface area (Å²) >= 11 is 0. The molecule has 5 heteroatoms. The lowest BCUT2D eigenvalue weighted by molar-refractivity contribution is -0.145.